The molecule has 0 spiro atoms. The van der Waals surface area contributed by atoms with Gasteiger partial charge in [0.25, 0.3) is 0 Å². The van der Waals surface area contributed by atoms with Crippen LogP contribution < -0.4 is 0 Å². The summed E-state index contributed by atoms with van der Waals surface area (Å²) in [4.78, 5) is 10.2. The number of aryl methyl sites for hydroxylation is 1. The van der Waals surface area contributed by atoms with Gasteiger partial charge in [-0.15, -0.1) is 35.2 Å². The molecule has 0 saturated carbocycles. The number of hydrogen-bond donors (Lipinski definition) is 0. The van der Waals surface area contributed by atoms with Crippen LogP contribution in [0.1, 0.15) is 120 Å². The fraction of sp³-hybridized carbons (Fsp3) is 0.375. The van der Waals surface area contributed by atoms with E-state index in [0.717, 1.165) is 39.4 Å². The number of nitrogens with zero attached hydrogens (tertiary/aromatic N) is 3. The molecule has 2 atom stereocenters. The zero-order valence-electron chi connectivity index (χ0n) is 34.5. The Morgan fingerprint density at radius 1 is 0.821 bits per heavy atom. The standard InChI is InChI=1S/C48H51N3O3S.Pt/c1-28(2)31-21-32(44-50-48(12)40-17-13-29(3)30(4)39(40)27-47(48,11)54-44)23-36(22-31)55(52,53)35-15-16-37-38-24-33(45(5,6)7)14-18-41(38)51(42(37)26-35)43-25-34(19-20-49-43)46(8,9)10;/h13-22,24-25,28H,27H2,1-12H3;/q-2;+2/t47-,48+;/m0./s1. The van der Waals surface area contributed by atoms with Crippen molar-refractivity contribution in [3.05, 3.63) is 130 Å². The maximum atomic E-state index is 14.8. The molecule has 4 aromatic carbocycles. The van der Waals surface area contributed by atoms with Crippen LogP contribution in [0.4, 0.5) is 0 Å². The topological polar surface area (TPSA) is 73.6 Å². The Morgan fingerprint density at radius 3 is 2.20 bits per heavy atom. The molecule has 8 heteroatoms. The minimum atomic E-state index is -4.10. The fourth-order valence-corrected chi connectivity index (χ4v) is 9.54. The molecular formula is C48H51N3O3PtS. The monoisotopic (exact) mass is 944 g/mol. The normalized spacial score (nSPS) is 19.6. The predicted molar refractivity (Wildman–Crippen MR) is 223 cm³/mol. The van der Waals surface area contributed by atoms with Crippen molar-refractivity contribution in [2.75, 3.05) is 0 Å². The number of aliphatic imine (C=N–C) groups is 1. The maximum absolute atomic E-state index is 14.8. The quantitative estimate of drug-likeness (QED) is 0.161. The summed E-state index contributed by atoms with van der Waals surface area (Å²) in [6.07, 6.45) is 2.55. The molecule has 0 saturated heterocycles. The van der Waals surface area contributed by atoms with Crippen LogP contribution in [0.5, 0.6) is 0 Å². The molecule has 6 aromatic rings. The van der Waals surface area contributed by atoms with E-state index in [4.69, 9.17) is 14.7 Å². The van der Waals surface area contributed by atoms with E-state index in [1.54, 1.807) is 12.1 Å². The van der Waals surface area contributed by atoms with Crippen molar-refractivity contribution in [3.63, 3.8) is 0 Å². The number of aromatic nitrogens is 2. The van der Waals surface area contributed by atoms with E-state index in [2.05, 4.69) is 132 Å². The molecule has 6 nitrogen and oxygen atoms in total. The van der Waals surface area contributed by atoms with E-state index < -0.39 is 21.0 Å². The van der Waals surface area contributed by atoms with Gasteiger partial charge in [0.05, 0.1) is 0 Å². The summed E-state index contributed by atoms with van der Waals surface area (Å²) in [5, 5.41) is 1.94. The van der Waals surface area contributed by atoms with Crippen molar-refractivity contribution >= 4 is 37.5 Å². The van der Waals surface area contributed by atoms with Crippen LogP contribution >= 0.6 is 0 Å². The van der Waals surface area contributed by atoms with Crippen LogP contribution in [0.25, 0.3) is 27.6 Å². The predicted octanol–water partition coefficient (Wildman–Crippen LogP) is 11.0. The van der Waals surface area contributed by atoms with Gasteiger partial charge in [0, 0.05) is 18.1 Å². The Kier molecular flexibility index (Phi) is 9.49. The zero-order chi connectivity index (χ0) is 39.6. The van der Waals surface area contributed by atoms with Gasteiger partial charge in [-0.1, -0.05) is 90.7 Å². The smallest absolute Gasteiger partial charge is 0.511 e. The molecule has 8 rings (SSSR count). The van der Waals surface area contributed by atoms with E-state index in [-0.39, 0.29) is 47.6 Å². The first-order valence-electron chi connectivity index (χ1n) is 19.3. The molecule has 0 bridgehead atoms. The molecule has 0 radical (unpaired) electrons. The van der Waals surface area contributed by atoms with Crippen LogP contribution in [-0.2, 0) is 58.4 Å². The maximum Gasteiger partial charge on any atom is 2.00 e. The number of benzene rings is 4. The van der Waals surface area contributed by atoms with Crippen molar-refractivity contribution in [2.45, 2.75) is 127 Å². The van der Waals surface area contributed by atoms with Crippen molar-refractivity contribution in [2.24, 2.45) is 4.99 Å². The number of rotatable bonds is 5. The van der Waals surface area contributed by atoms with Gasteiger partial charge in [0.2, 0.25) is 0 Å². The zero-order valence-corrected chi connectivity index (χ0v) is 37.6. The molecule has 1 aliphatic carbocycles. The molecule has 56 heavy (non-hydrogen) atoms. The van der Waals surface area contributed by atoms with E-state index in [1.807, 2.05) is 29.0 Å². The Hall–Kier alpha value is -4.06. The molecule has 2 aliphatic rings. The summed E-state index contributed by atoms with van der Waals surface area (Å²) < 4.78 is 38.5. The van der Waals surface area contributed by atoms with Crippen molar-refractivity contribution in [1.29, 1.82) is 0 Å². The number of pyridine rings is 1. The molecule has 0 amide bonds. The van der Waals surface area contributed by atoms with Crippen LogP contribution in [0.2, 0.25) is 0 Å². The van der Waals surface area contributed by atoms with E-state index in [1.165, 1.54) is 22.3 Å². The summed E-state index contributed by atoms with van der Waals surface area (Å²) in [7, 11) is -4.10. The van der Waals surface area contributed by atoms with Gasteiger partial charge >= 0.3 is 21.1 Å². The van der Waals surface area contributed by atoms with E-state index in [9.17, 15) is 8.42 Å². The third kappa shape index (κ3) is 6.20. The first-order valence-corrected chi connectivity index (χ1v) is 20.8. The van der Waals surface area contributed by atoms with Gasteiger partial charge in [-0.2, -0.15) is 12.1 Å². The van der Waals surface area contributed by atoms with Crippen LogP contribution in [0, 0.1) is 26.0 Å². The van der Waals surface area contributed by atoms with Gasteiger partial charge in [-0.05, 0) is 111 Å². The van der Waals surface area contributed by atoms with Gasteiger partial charge in [-0.25, -0.2) is 13.4 Å². The minimum absolute atomic E-state index is 0. The first-order chi connectivity index (χ1) is 25.6. The van der Waals surface area contributed by atoms with E-state index in [0.29, 0.717) is 22.8 Å². The van der Waals surface area contributed by atoms with Crippen LogP contribution in [-0.4, -0.2) is 29.5 Å². The molecule has 2 aromatic heterocycles. The van der Waals surface area contributed by atoms with Crippen molar-refractivity contribution in [3.8, 4) is 5.82 Å². The Bertz CT molecular complexity index is 2730. The second-order valence-corrected chi connectivity index (χ2v) is 20.3. The number of ether oxygens (including phenoxy) is 1. The largest absolute Gasteiger partial charge is 2.00 e. The SMILES string of the molecule is Cc1ccc2c(c1C)C[C@]1(C)OC(c3[c-]c(S(=O)(=O)c4[c-]c5c(cc4)c4cc(C(C)(C)C)ccc4n5-c4cc(C(C)(C)C)ccn4)cc(C(C)C)c3)=N[C@]21C.[Pt+2]. The second-order valence-electron chi connectivity index (χ2n) is 18.4. The summed E-state index contributed by atoms with van der Waals surface area (Å²) in [6.45, 7) is 25.8. The third-order valence-electron chi connectivity index (χ3n) is 12.3. The molecule has 1 aliphatic heterocycles. The van der Waals surface area contributed by atoms with Gasteiger partial charge < -0.3 is 9.30 Å². The summed E-state index contributed by atoms with van der Waals surface area (Å²) in [5.41, 5.74) is 8.90. The molecule has 3 heterocycles. The number of hydrogen-bond acceptors (Lipinski definition) is 5. The molecule has 292 valence electrons. The van der Waals surface area contributed by atoms with E-state index >= 15 is 0 Å². The summed E-state index contributed by atoms with van der Waals surface area (Å²) in [6, 6.07) is 28.9. The third-order valence-corrected chi connectivity index (χ3v) is 13.9. The Labute approximate surface area is 347 Å². The van der Waals surface area contributed by atoms with Gasteiger partial charge in [0.15, 0.2) is 9.84 Å². The summed E-state index contributed by atoms with van der Waals surface area (Å²) >= 11 is 0. The Morgan fingerprint density at radius 2 is 1.52 bits per heavy atom. The van der Waals surface area contributed by atoms with Crippen molar-refractivity contribution in [1.82, 2.24) is 9.55 Å². The number of sulfone groups is 1. The average Bonchev–Trinajstić information content (AvgIpc) is 3.67. The van der Waals surface area contributed by atoms with Gasteiger partial charge in [-0.3, -0.25) is 4.99 Å². The Balaban J connectivity index is 0.00000480. The second kappa shape index (κ2) is 13.2. The first kappa shape index (κ1) is 40.1. The van der Waals surface area contributed by atoms with Crippen LogP contribution in [0.3, 0.4) is 0 Å². The fourth-order valence-electron chi connectivity index (χ4n) is 8.29. The summed E-state index contributed by atoms with van der Waals surface area (Å²) in [5.74, 6) is 1.19. The molecule has 0 unspecified atom stereocenters. The molecular weight excluding hydrogens is 894 g/mol. The number of fused-ring (bicyclic) bond motifs is 6. The molecule has 0 N–H and O–H groups in total. The average molecular weight is 945 g/mol. The molecule has 0 fully saturated rings. The minimum Gasteiger partial charge on any atom is -0.511 e. The van der Waals surface area contributed by atoms with Crippen molar-refractivity contribution < 1.29 is 34.2 Å². The van der Waals surface area contributed by atoms with Gasteiger partial charge in [0.1, 0.15) is 22.9 Å². The van der Waals surface area contributed by atoms with Crippen LogP contribution in [0.15, 0.2) is 87.7 Å².